The van der Waals surface area contributed by atoms with Crippen LogP contribution in [0.1, 0.15) is 24.2 Å². The largest absolute Gasteiger partial charge is 0.494 e. The predicted molar refractivity (Wildman–Crippen MR) is 95.3 cm³/mol. The van der Waals surface area contributed by atoms with Crippen LogP contribution in [0.2, 0.25) is 0 Å². The van der Waals surface area contributed by atoms with Gasteiger partial charge in [0.25, 0.3) is 5.91 Å². The number of ether oxygens (including phenoxy) is 2. The summed E-state index contributed by atoms with van der Waals surface area (Å²) in [6.45, 7) is 3.96. The molecule has 0 saturated carbocycles. The molecule has 0 aliphatic heterocycles. The Hall–Kier alpha value is -2.34. The molecular formula is C18H18BrNO4. The summed E-state index contributed by atoms with van der Waals surface area (Å²) in [6, 6.07) is 13.7. The van der Waals surface area contributed by atoms with Crippen LogP contribution in [0.5, 0.6) is 5.75 Å². The molecule has 24 heavy (non-hydrogen) atoms. The zero-order valence-corrected chi connectivity index (χ0v) is 15.0. The fourth-order valence-corrected chi connectivity index (χ4v) is 2.18. The highest BCUT2D eigenvalue weighted by Crippen LogP contribution is 2.16. The Balaban J connectivity index is 1.92. The Morgan fingerprint density at radius 1 is 1.08 bits per heavy atom. The average Bonchev–Trinajstić information content (AvgIpc) is 2.57. The van der Waals surface area contributed by atoms with Crippen molar-refractivity contribution in [3.05, 3.63) is 58.6 Å². The van der Waals surface area contributed by atoms with Gasteiger partial charge in [-0.1, -0.05) is 15.9 Å². The van der Waals surface area contributed by atoms with Crippen LogP contribution >= 0.6 is 15.9 Å². The Labute approximate surface area is 149 Å². The number of rotatable bonds is 6. The van der Waals surface area contributed by atoms with E-state index < -0.39 is 18.0 Å². The van der Waals surface area contributed by atoms with E-state index in [1.165, 1.54) is 6.92 Å². The molecule has 5 nitrogen and oxygen atoms in total. The molecule has 0 aliphatic rings. The number of hydrogen-bond donors (Lipinski definition) is 1. The Morgan fingerprint density at radius 3 is 2.29 bits per heavy atom. The van der Waals surface area contributed by atoms with E-state index in [1.807, 2.05) is 19.1 Å². The van der Waals surface area contributed by atoms with E-state index in [-0.39, 0.29) is 0 Å². The number of carbonyl (C=O) groups is 2. The molecule has 2 rings (SSSR count). The second-order valence-corrected chi connectivity index (χ2v) is 5.92. The highest BCUT2D eigenvalue weighted by Gasteiger charge is 2.19. The van der Waals surface area contributed by atoms with E-state index in [4.69, 9.17) is 9.47 Å². The zero-order chi connectivity index (χ0) is 17.5. The third kappa shape index (κ3) is 5.09. The summed E-state index contributed by atoms with van der Waals surface area (Å²) in [5.74, 6) is -0.275. The molecule has 0 heterocycles. The second kappa shape index (κ2) is 8.49. The summed E-state index contributed by atoms with van der Waals surface area (Å²) in [5, 5.41) is 2.69. The van der Waals surface area contributed by atoms with E-state index in [2.05, 4.69) is 21.2 Å². The number of benzene rings is 2. The molecule has 2 aromatic carbocycles. The summed E-state index contributed by atoms with van der Waals surface area (Å²) in [6.07, 6.45) is -0.910. The van der Waals surface area contributed by atoms with Crippen molar-refractivity contribution in [2.75, 3.05) is 11.9 Å². The summed E-state index contributed by atoms with van der Waals surface area (Å²) in [4.78, 5) is 24.2. The van der Waals surface area contributed by atoms with Crippen molar-refractivity contribution in [1.82, 2.24) is 0 Å². The van der Waals surface area contributed by atoms with Crippen LogP contribution in [0.3, 0.4) is 0 Å². The van der Waals surface area contributed by atoms with E-state index >= 15 is 0 Å². The van der Waals surface area contributed by atoms with Crippen LogP contribution in [0, 0.1) is 0 Å². The monoisotopic (exact) mass is 391 g/mol. The van der Waals surface area contributed by atoms with Gasteiger partial charge in [-0.05, 0) is 62.4 Å². The highest BCUT2D eigenvalue weighted by atomic mass is 79.9. The first-order chi connectivity index (χ1) is 11.5. The molecule has 0 unspecified atom stereocenters. The third-order valence-corrected chi connectivity index (χ3v) is 3.69. The zero-order valence-electron chi connectivity index (χ0n) is 13.4. The first-order valence-electron chi connectivity index (χ1n) is 7.50. The van der Waals surface area contributed by atoms with Gasteiger partial charge in [0.2, 0.25) is 0 Å². The topological polar surface area (TPSA) is 64.6 Å². The van der Waals surface area contributed by atoms with Crippen molar-refractivity contribution in [3.8, 4) is 5.75 Å². The summed E-state index contributed by atoms with van der Waals surface area (Å²) >= 11 is 3.32. The second-order valence-electron chi connectivity index (χ2n) is 5.00. The quantitative estimate of drug-likeness (QED) is 0.754. The average molecular weight is 392 g/mol. The molecule has 0 bridgehead atoms. The molecule has 6 heteroatoms. The number of carbonyl (C=O) groups excluding carboxylic acids is 2. The van der Waals surface area contributed by atoms with Crippen LogP contribution in [0.25, 0.3) is 0 Å². The SMILES string of the molecule is CCOc1ccc(C(=O)O[C@H](C)C(=O)Nc2ccc(Br)cc2)cc1. The predicted octanol–water partition coefficient (Wildman–Crippen LogP) is 4.03. The minimum Gasteiger partial charge on any atom is -0.494 e. The first-order valence-corrected chi connectivity index (χ1v) is 8.29. The minimum atomic E-state index is -0.910. The van der Waals surface area contributed by atoms with Crippen molar-refractivity contribution in [2.45, 2.75) is 20.0 Å². The van der Waals surface area contributed by atoms with Gasteiger partial charge in [-0.2, -0.15) is 0 Å². The number of amides is 1. The molecule has 0 aliphatic carbocycles. The summed E-state index contributed by atoms with van der Waals surface area (Å²) in [5.41, 5.74) is 0.994. The lowest BCUT2D eigenvalue weighted by Gasteiger charge is -2.14. The third-order valence-electron chi connectivity index (χ3n) is 3.17. The fraction of sp³-hybridized carbons (Fsp3) is 0.222. The van der Waals surface area contributed by atoms with Crippen molar-refractivity contribution >= 4 is 33.5 Å². The lowest BCUT2D eigenvalue weighted by atomic mass is 10.2. The van der Waals surface area contributed by atoms with Gasteiger partial charge in [-0.3, -0.25) is 4.79 Å². The maximum absolute atomic E-state index is 12.1. The summed E-state index contributed by atoms with van der Waals surface area (Å²) < 4.78 is 11.4. The molecule has 0 saturated heterocycles. The fourth-order valence-electron chi connectivity index (χ4n) is 1.91. The lowest BCUT2D eigenvalue weighted by molar-refractivity contribution is -0.123. The Morgan fingerprint density at radius 2 is 1.71 bits per heavy atom. The first kappa shape index (κ1) is 18.0. The number of anilines is 1. The molecule has 1 atom stereocenters. The van der Waals surface area contributed by atoms with Crippen LogP contribution in [0.4, 0.5) is 5.69 Å². The number of hydrogen-bond acceptors (Lipinski definition) is 4. The lowest BCUT2D eigenvalue weighted by Crippen LogP contribution is -2.29. The molecule has 0 fully saturated rings. The molecule has 126 valence electrons. The van der Waals surface area contributed by atoms with Gasteiger partial charge < -0.3 is 14.8 Å². The van der Waals surface area contributed by atoms with Crippen LogP contribution in [-0.2, 0) is 9.53 Å². The van der Waals surface area contributed by atoms with E-state index in [1.54, 1.807) is 36.4 Å². The standard InChI is InChI=1S/C18H18BrNO4/c1-3-23-16-10-4-13(5-11-16)18(22)24-12(2)17(21)20-15-8-6-14(19)7-9-15/h4-12H,3H2,1-2H3,(H,20,21)/t12-/m1/s1. The van der Waals surface area contributed by atoms with Gasteiger partial charge in [-0.15, -0.1) is 0 Å². The van der Waals surface area contributed by atoms with Crippen molar-refractivity contribution in [3.63, 3.8) is 0 Å². The van der Waals surface area contributed by atoms with Gasteiger partial charge in [0, 0.05) is 10.2 Å². The number of esters is 1. The van der Waals surface area contributed by atoms with Crippen LogP contribution < -0.4 is 10.1 Å². The number of nitrogens with one attached hydrogen (secondary N) is 1. The molecule has 1 amide bonds. The van der Waals surface area contributed by atoms with Crippen LogP contribution in [0.15, 0.2) is 53.0 Å². The Bertz CT molecular complexity index is 698. The van der Waals surface area contributed by atoms with E-state index in [9.17, 15) is 9.59 Å². The van der Waals surface area contributed by atoms with Gasteiger partial charge in [-0.25, -0.2) is 4.79 Å². The normalized spacial score (nSPS) is 11.5. The van der Waals surface area contributed by atoms with Crippen molar-refractivity contribution < 1.29 is 19.1 Å². The van der Waals surface area contributed by atoms with Gasteiger partial charge in [0.15, 0.2) is 6.10 Å². The van der Waals surface area contributed by atoms with Crippen molar-refractivity contribution in [2.24, 2.45) is 0 Å². The Kier molecular flexibility index (Phi) is 6.37. The minimum absolute atomic E-state index is 0.363. The molecular weight excluding hydrogens is 374 g/mol. The highest BCUT2D eigenvalue weighted by molar-refractivity contribution is 9.10. The van der Waals surface area contributed by atoms with Gasteiger partial charge in [0.05, 0.1) is 12.2 Å². The van der Waals surface area contributed by atoms with Gasteiger partial charge >= 0.3 is 5.97 Å². The maximum atomic E-state index is 12.1. The molecule has 0 spiro atoms. The van der Waals surface area contributed by atoms with Gasteiger partial charge in [0.1, 0.15) is 5.75 Å². The summed E-state index contributed by atoms with van der Waals surface area (Å²) in [7, 11) is 0. The van der Waals surface area contributed by atoms with Crippen LogP contribution in [-0.4, -0.2) is 24.6 Å². The van der Waals surface area contributed by atoms with Crippen molar-refractivity contribution in [1.29, 1.82) is 0 Å². The van der Waals surface area contributed by atoms with E-state index in [0.717, 1.165) is 4.47 Å². The van der Waals surface area contributed by atoms with E-state index in [0.29, 0.717) is 23.6 Å². The molecule has 2 aromatic rings. The molecule has 1 N–H and O–H groups in total. The molecule has 0 aromatic heterocycles. The maximum Gasteiger partial charge on any atom is 0.338 e. The molecule has 0 radical (unpaired) electrons. The number of halogens is 1. The smallest absolute Gasteiger partial charge is 0.338 e.